The second-order valence-electron chi connectivity index (χ2n) is 4.04. The molecule has 0 fully saturated rings. The molecular weight excluding hydrogens is 266 g/mol. The molecule has 0 bridgehead atoms. The van der Waals surface area contributed by atoms with E-state index in [0.717, 1.165) is 12.1 Å². The van der Waals surface area contributed by atoms with E-state index in [-0.39, 0.29) is 0 Å². The third-order valence-electron chi connectivity index (χ3n) is 2.91. The Morgan fingerprint density at radius 1 is 0.950 bits per heavy atom. The van der Waals surface area contributed by atoms with Crippen LogP contribution in [0.4, 0.5) is 8.78 Å². The van der Waals surface area contributed by atoms with Crippen LogP contribution in [0.5, 0.6) is 11.5 Å². The van der Waals surface area contributed by atoms with Crippen LogP contribution in [-0.4, -0.2) is 20.5 Å². The number of carbonyl (C=O) groups is 1. The van der Waals surface area contributed by atoms with E-state index in [1.165, 1.54) is 26.4 Å². The molecule has 3 nitrogen and oxygen atoms in total. The van der Waals surface area contributed by atoms with Crippen molar-refractivity contribution in [2.75, 3.05) is 14.2 Å². The lowest BCUT2D eigenvalue weighted by molar-refractivity contribution is 0.112. The van der Waals surface area contributed by atoms with Gasteiger partial charge in [-0.1, -0.05) is 6.07 Å². The molecule has 0 spiro atoms. The third-order valence-corrected chi connectivity index (χ3v) is 2.91. The number of aldehydes is 1. The highest BCUT2D eigenvalue weighted by Crippen LogP contribution is 2.35. The van der Waals surface area contributed by atoms with Gasteiger partial charge in [-0.15, -0.1) is 0 Å². The van der Waals surface area contributed by atoms with Gasteiger partial charge < -0.3 is 9.47 Å². The van der Waals surface area contributed by atoms with Crippen molar-refractivity contribution in [3.63, 3.8) is 0 Å². The van der Waals surface area contributed by atoms with Crippen molar-refractivity contribution in [1.82, 2.24) is 0 Å². The summed E-state index contributed by atoms with van der Waals surface area (Å²) in [6, 6.07) is 6.48. The van der Waals surface area contributed by atoms with Crippen molar-refractivity contribution in [1.29, 1.82) is 0 Å². The molecule has 0 radical (unpaired) electrons. The quantitative estimate of drug-likeness (QED) is 0.803. The smallest absolute Gasteiger partial charge is 0.161 e. The van der Waals surface area contributed by atoms with Crippen LogP contribution in [0, 0.1) is 11.6 Å². The molecule has 2 aromatic rings. The average molecular weight is 278 g/mol. The molecule has 0 aliphatic carbocycles. The fourth-order valence-electron chi connectivity index (χ4n) is 1.91. The highest BCUT2D eigenvalue weighted by molar-refractivity contribution is 5.89. The predicted octanol–water partition coefficient (Wildman–Crippen LogP) is 3.46. The number of hydrogen-bond donors (Lipinski definition) is 0. The van der Waals surface area contributed by atoms with Crippen LogP contribution in [-0.2, 0) is 0 Å². The van der Waals surface area contributed by atoms with Gasteiger partial charge in [0.05, 0.1) is 14.2 Å². The van der Waals surface area contributed by atoms with E-state index in [9.17, 15) is 13.6 Å². The summed E-state index contributed by atoms with van der Waals surface area (Å²) in [4.78, 5) is 11.2. The molecule has 20 heavy (non-hydrogen) atoms. The van der Waals surface area contributed by atoms with Gasteiger partial charge in [0, 0.05) is 5.56 Å². The van der Waals surface area contributed by atoms with E-state index >= 15 is 0 Å². The van der Waals surface area contributed by atoms with E-state index in [4.69, 9.17) is 9.47 Å². The average Bonchev–Trinajstić information content (AvgIpc) is 2.48. The van der Waals surface area contributed by atoms with Gasteiger partial charge in [-0.25, -0.2) is 8.78 Å². The Kier molecular flexibility index (Phi) is 3.98. The largest absolute Gasteiger partial charge is 0.493 e. The summed E-state index contributed by atoms with van der Waals surface area (Å²) < 4.78 is 36.5. The van der Waals surface area contributed by atoms with E-state index in [0.29, 0.717) is 34.5 Å². The summed E-state index contributed by atoms with van der Waals surface area (Å²) in [6.07, 6.45) is 0.624. The molecule has 0 atom stereocenters. The number of hydrogen-bond acceptors (Lipinski definition) is 3. The van der Waals surface area contributed by atoms with Crippen LogP contribution in [0.2, 0.25) is 0 Å². The molecule has 2 aromatic carbocycles. The number of rotatable bonds is 4. The Hall–Kier alpha value is -2.43. The zero-order valence-electron chi connectivity index (χ0n) is 10.9. The molecule has 0 saturated heterocycles. The molecular formula is C15H12F2O3. The molecule has 0 aliphatic heterocycles. The predicted molar refractivity (Wildman–Crippen MR) is 70.3 cm³/mol. The summed E-state index contributed by atoms with van der Waals surface area (Å²) in [7, 11) is 2.90. The minimum absolute atomic E-state index is 0.300. The molecule has 0 N–H and O–H groups in total. The highest BCUT2D eigenvalue weighted by atomic mass is 19.2. The SMILES string of the molecule is COc1cc(C=O)c(-c2ccc(F)c(F)c2)cc1OC. The fourth-order valence-corrected chi connectivity index (χ4v) is 1.91. The standard InChI is InChI=1S/C15H12F2O3/c1-19-14-6-10(8-18)11(7-15(14)20-2)9-3-4-12(16)13(17)5-9/h3-8H,1-2H3. The fraction of sp³-hybridized carbons (Fsp3) is 0.133. The van der Waals surface area contributed by atoms with E-state index in [2.05, 4.69) is 0 Å². The zero-order valence-corrected chi connectivity index (χ0v) is 10.9. The number of ether oxygens (including phenoxy) is 2. The van der Waals surface area contributed by atoms with Crippen molar-refractivity contribution < 1.29 is 23.0 Å². The molecule has 0 amide bonds. The Balaban J connectivity index is 2.65. The lowest BCUT2D eigenvalue weighted by Gasteiger charge is -2.12. The summed E-state index contributed by atoms with van der Waals surface area (Å²) in [5, 5.41) is 0. The van der Waals surface area contributed by atoms with Gasteiger partial charge in [0.25, 0.3) is 0 Å². The molecule has 2 rings (SSSR count). The van der Waals surface area contributed by atoms with Crippen molar-refractivity contribution >= 4 is 6.29 Å². The number of halogens is 2. The third kappa shape index (κ3) is 2.47. The number of benzene rings is 2. The summed E-state index contributed by atoms with van der Waals surface area (Å²) in [6.45, 7) is 0. The van der Waals surface area contributed by atoms with Gasteiger partial charge in [-0.3, -0.25) is 4.79 Å². The van der Waals surface area contributed by atoms with E-state index in [1.54, 1.807) is 6.07 Å². The maximum Gasteiger partial charge on any atom is 0.161 e. The highest BCUT2D eigenvalue weighted by Gasteiger charge is 2.13. The first-order chi connectivity index (χ1) is 9.60. The monoisotopic (exact) mass is 278 g/mol. The Bertz CT molecular complexity index is 654. The van der Waals surface area contributed by atoms with Crippen molar-refractivity contribution in [2.24, 2.45) is 0 Å². The van der Waals surface area contributed by atoms with Crippen LogP contribution in [0.25, 0.3) is 11.1 Å². The number of methoxy groups -OCH3 is 2. The lowest BCUT2D eigenvalue weighted by Crippen LogP contribution is -1.96. The first-order valence-electron chi connectivity index (χ1n) is 5.77. The van der Waals surface area contributed by atoms with Crippen LogP contribution in [0.1, 0.15) is 10.4 Å². The lowest BCUT2D eigenvalue weighted by atomic mass is 9.99. The van der Waals surface area contributed by atoms with Crippen LogP contribution < -0.4 is 9.47 Å². The van der Waals surface area contributed by atoms with Crippen LogP contribution in [0.15, 0.2) is 30.3 Å². The van der Waals surface area contributed by atoms with Gasteiger partial charge >= 0.3 is 0 Å². The second kappa shape index (κ2) is 5.69. The first kappa shape index (κ1) is 14.0. The van der Waals surface area contributed by atoms with E-state index in [1.807, 2.05) is 0 Å². The molecule has 0 aromatic heterocycles. The molecule has 0 saturated carbocycles. The van der Waals surface area contributed by atoms with Gasteiger partial charge in [-0.2, -0.15) is 0 Å². The van der Waals surface area contributed by atoms with Gasteiger partial charge in [-0.05, 0) is 35.4 Å². The topological polar surface area (TPSA) is 35.5 Å². The summed E-state index contributed by atoms with van der Waals surface area (Å²) >= 11 is 0. The molecule has 0 aliphatic rings. The molecule has 0 heterocycles. The van der Waals surface area contributed by atoms with Crippen molar-refractivity contribution in [3.8, 4) is 22.6 Å². The summed E-state index contributed by atoms with van der Waals surface area (Å²) in [5.41, 5.74) is 1.12. The van der Waals surface area contributed by atoms with E-state index < -0.39 is 11.6 Å². The minimum Gasteiger partial charge on any atom is -0.493 e. The maximum atomic E-state index is 13.3. The van der Waals surface area contributed by atoms with Crippen molar-refractivity contribution in [2.45, 2.75) is 0 Å². The molecule has 5 heteroatoms. The maximum absolute atomic E-state index is 13.3. The first-order valence-corrected chi connectivity index (χ1v) is 5.77. The normalized spacial score (nSPS) is 10.2. The molecule has 0 unspecified atom stereocenters. The minimum atomic E-state index is -0.978. The Labute approximate surface area is 114 Å². The van der Waals surface area contributed by atoms with Gasteiger partial charge in [0.1, 0.15) is 0 Å². The van der Waals surface area contributed by atoms with Gasteiger partial charge in [0.2, 0.25) is 0 Å². The van der Waals surface area contributed by atoms with Crippen molar-refractivity contribution in [3.05, 3.63) is 47.5 Å². The Morgan fingerprint density at radius 2 is 1.60 bits per heavy atom. The zero-order chi connectivity index (χ0) is 14.7. The summed E-state index contributed by atoms with van der Waals surface area (Å²) in [5.74, 6) is -1.13. The number of carbonyl (C=O) groups excluding carboxylic acids is 1. The second-order valence-corrected chi connectivity index (χ2v) is 4.04. The van der Waals surface area contributed by atoms with Gasteiger partial charge in [0.15, 0.2) is 29.4 Å². The Morgan fingerprint density at radius 3 is 2.15 bits per heavy atom. The van der Waals surface area contributed by atoms with Crippen LogP contribution >= 0.6 is 0 Å². The molecule has 104 valence electrons. The van der Waals surface area contributed by atoms with Crippen LogP contribution in [0.3, 0.4) is 0 Å².